The second kappa shape index (κ2) is 62.7. The average Bonchev–Trinajstić information content (AvgIpc) is 3.43. The van der Waals surface area contributed by atoms with E-state index in [0.29, 0.717) is 17.4 Å². The van der Waals surface area contributed by atoms with E-state index in [2.05, 4.69) is 67.8 Å². The standard InChI is InChI=1S/C72H137N2O6P/c1-6-8-10-12-14-16-18-20-22-24-26-28-30-32-33-34-35-36-37-38-39-40-41-42-44-46-48-50-52-54-56-58-60-62-64-66-72(76)73-70(69-80-81(77,78)79-68-67-74(3,4)5)71(75)65-63-61-59-57-55-53-51-49-47-45-43-31-29-27-25-23-21-19-17-15-13-11-9-7-2/h30,32,34-35,47,49,55,57,63,65,70-71,75H,6-29,31,33,36-46,48,50-54,56,58-62,64,66-69H2,1-5H3,(H-,73,76,77,78)/b32-30-,35-34-,49-47+,57-55+,65-63+. The predicted octanol–water partition coefficient (Wildman–Crippen LogP) is 21.8. The number of carbonyl (C=O) groups is 1. The van der Waals surface area contributed by atoms with Crippen LogP contribution in [0.5, 0.6) is 0 Å². The molecule has 3 unspecified atom stereocenters. The molecular formula is C72H137N2O6P. The maximum Gasteiger partial charge on any atom is 0.268 e. The van der Waals surface area contributed by atoms with Gasteiger partial charge in [-0.3, -0.25) is 9.36 Å². The molecule has 0 heterocycles. The minimum absolute atomic E-state index is 0.00933. The number of likely N-dealkylation sites (N-methyl/N-ethyl adjacent to an activating group) is 1. The summed E-state index contributed by atoms with van der Waals surface area (Å²) in [6.45, 7) is 4.66. The number of phosphoric ester groups is 1. The van der Waals surface area contributed by atoms with Crippen molar-refractivity contribution in [1.29, 1.82) is 0 Å². The van der Waals surface area contributed by atoms with Crippen molar-refractivity contribution < 1.29 is 32.9 Å². The first kappa shape index (κ1) is 79.2. The quantitative estimate of drug-likeness (QED) is 0.0272. The first-order valence-electron chi connectivity index (χ1n) is 35.2. The zero-order valence-corrected chi connectivity index (χ0v) is 55.4. The van der Waals surface area contributed by atoms with Crippen molar-refractivity contribution in [3.63, 3.8) is 0 Å². The lowest BCUT2D eigenvalue weighted by molar-refractivity contribution is -0.870. The Bertz CT molecular complexity index is 1500. The van der Waals surface area contributed by atoms with Gasteiger partial charge < -0.3 is 28.8 Å². The van der Waals surface area contributed by atoms with Gasteiger partial charge in [-0.15, -0.1) is 0 Å². The van der Waals surface area contributed by atoms with Gasteiger partial charge in [-0.2, -0.15) is 0 Å². The number of hydrogen-bond donors (Lipinski definition) is 2. The Balaban J connectivity index is 4.08. The van der Waals surface area contributed by atoms with Gasteiger partial charge in [0.2, 0.25) is 5.91 Å². The molecule has 2 N–H and O–H groups in total. The molecule has 0 bridgehead atoms. The molecule has 9 heteroatoms. The second-order valence-corrected chi connectivity index (χ2v) is 26.6. The van der Waals surface area contributed by atoms with Gasteiger partial charge in [-0.05, 0) is 77.0 Å². The van der Waals surface area contributed by atoms with Crippen LogP contribution < -0.4 is 10.2 Å². The molecule has 0 saturated carbocycles. The highest BCUT2D eigenvalue weighted by molar-refractivity contribution is 7.45. The number of amides is 1. The van der Waals surface area contributed by atoms with Gasteiger partial charge >= 0.3 is 0 Å². The van der Waals surface area contributed by atoms with Crippen molar-refractivity contribution in [2.45, 2.75) is 353 Å². The third-order valence-electron chi connectivity index (χ3n) is 15.9. The molecule has 0 fully saturated rings. The summed E-state index contributed by atoms with van der Waals surface area (Å²) < 4.78 is 23.4. The van der Waals surface area contributed by atoms with E-state index >= 15 is 0 Å². The Labute approximate surface area is 504 Å². The van der Waals surface area contributed by atoms with Crippen LogP contribution in [0.25, 0.3) is 0 Å². The van der Waals surface area contributed by atoms with Gasteiger partial charge in [0.25, 0.3) is 7.82 Å². The first-order chi connectivity index (χ1) is 39.5. The number of rotatable bonds is 65. The molecule has 3 atom stereocenters. The van der Waals surface area contributed by atoms with E-state index in [0.717, 1.165) is 51.4 Å². The monoisotopic (exact) mass is 1160 g/mol. The van der Waals surface area contributed by atoms with Crippen LogP contribution in [0, 0.1) is 0 Å². The van der Waals surface area contributed by atoms with Crippen LogP contribution >= 0.6 is 7.82 Å². The smallest absolute Gasteiger partial charge is 0.268 e. The van der Waals surface area contributed by atoms with E-state index < -0.39 is 26.6 Å². The Morgan fingerprint density at radius 1 is 0.432 bits per heavy atom. The van der Waals surface area contributed by atoms with Gasteiger partial charge in [0.15, 0.2) is 0 Å². The molecule has 476 valence electrons. The Morgan fingerprint density at radius 2 is 0.728 bits per heavy atom. The number of nitrogens with zero attached hydrogens (tertiary/aromatic N) is 1. The van der Waals surface area contributed by atoms with Crippen LogP contribution in [0.4, 0.5) is 0 Å². The molecule has 8 nitrogen and oxygen atoms in total. The zero-order chi connectivity index (χ0) is 59.1. The lowest BCUT2D eigenvalue weighted by Gasteiger charge is -2.29. The summed E-state index contributed by atoms with van der Waals surface area (Å²) in [6, 6.07) is -0.913. The van der Waals surface area contributed by atoms with Crippen molar-refractivity contribution in [2.75, 3.05) is 40.9 Å². The molecule has 0 rings (SSSR count). The van der Waals surface area contributed by atoms with Crippen molar-refractivity contribution in [3.8, 4) is 0 Å². The summed E-state index contributed by atoms with van der Waals surface area (Å²) >= 11 is 0. The Kier molecular flexibility index (Phi) is 61.3. The van der Waals surface area contributed by atoms with E-state index in [9.17, 15) is 19.4 Å². The minimum Gasteiger partial charge on any atom is -0.756 e. The Morgan fingerprint density at radius 3 is 1.07 bits per heavy atom. The first-order valence-corrected chi connectivity index (χ1v) is 36.6. The van der Waals surface area contributed by atoms with Crippen molar-refractivity contribution >= 4 is 13.7 Å². The summed E-state index contributed by atoms with van der Waals surface area (Å²) in [5, 5.41) is 13.9. The lowest BCUT2D eigenvalue weighted by atomic mass is 10.0. The molecule has 81 heavy (non-hydrogen) atoms. The fraction of sp³-hybridized carbons (Fsp3) is 0.847. The van der Waals surface area contributed by atoms with E-state index in [-0.39, 0.29) is 12.5 Å². The SMILES string of the molecule is CCCCCCCCCCCCC/C=C\C/C=C\CCCCCCCCCCCCCCCCCCCC(=O)NC(COP(=O)([O-])OCC[N+](C)(C)C)C(O)/C=C/CC/C=C/CC/C=C/CCCCCCCCCCCCCCCC. The number of hydrogen-bond acceptors (Lipinski definition) is 6. The topological polar surface area (TPSA) is 108 Å². The highest BCUT2D eigenvalue weighted by Gasteiger charge is 2.23. The molecule has 0 aliphatic heterocycles. The van der Waals surface area contributed by atoms with Crippen molar-refractivity contribution in [1.82, 2.24) is 5.32 Å². The zero-order valence-electron chi connectivity index (χ0n) is 54.5. The van der Waals surface area contributed by atoms with E-state index in [4.69, 9.17) is 9.05 Å². The molecule has 0 radical (unpaired) electrons. The molecule has 0 aliphatic rings. The fourth-order valence-corrected chi connectivity index (χ4v) is 11.2. The number of nitrogens with one attached hydrogen (secondary N) is 1. The van der Waals surface area contributed by atoms with E-state index in [1.807, 2.05) is 27.2 Å². The minimum atomic E-state index is -4.62. The van der Waals surface area contributed by atoms with Crippen LogP contribution in [0.3, 0.4) is 0 Å². The maximum atomic E-state index is 13.0. The maximum absolute atomic E-state index is 13.0. The number of aliphatic hydroxyl groups is 1. The summed E-state index contributed by atoms with van der Waals surface area (Å²) in [6.07, 6.45) is 86.4. The molecule has 0 aromatic carbocycles. The number of carbonyl (C=O) groups excluding carboxylic acids is 1. The molecular weight excluding hydrogens is 1020 g/mol. The van der Waals surface area contributed by atoms with Crippen LogP contribution in [0.15, 0.2) is 60.8 Å². The normalized spacial score (nSPS) is 14.0. The average molecular weight is 1160 g/mol. The third kappa shape index (κ3) is 65.6. The summed E-state index contributed by atoms with van der Waals surface area (Å²) in [5.41, 5.74) is 0. The fourth-order valence-electron chi connectivity index (χ4n) is 10.5. The number of phosphoric acid groups is 1. The number of allylic oxidation sites excluding steroid dienone is 9. The van der Waals surface area contributed by atoms with E-state index in [1.165, 1.54) is 270 Å². The van der Waals surface area contributed by atoms with E-state index in [1.54, 1.807) is 6.08 Å². The largest absolute Gasteiger partial charge is 0.756 e. The Hall–Kier alpha value is -1.80. The van der Waals surface area contributed by atoms with Crippen LogP contribution in [-0.4, -0.2) is 68.5 Å². The number of unbranched alkanes of at least 4 members (excludes halogenated alkanes) is 44. The molecule has 0 aromatic heterocycles. The summed E-state index contributed by atoms with van der Waals surface area (Å²) in [7, 11) is 1.24. The summed E-state index contributed by atoms with van der Waals surface area (Å²) in [5.74, 6) is -0.207. The molecule has 0 aliphatic carbocycles. The third-order valence-corrected chi connectivity index (χ3v) is 16.9. The van der Waals surface area contributed by atoms with Gasteiger partial charge in [-0.1, -0.05) is 319 Å². The predicted molar refractivity (Wildman–Crippen MR) is 353 cm³/mol. The number of aliphatic hydroxyl groups excluding tert-OH is 1. The lowest BCUT2D eigenvalue weighted by Crippen LogP contribution is -2.45. The van der Waals surface area contributed by atoms with Crippen molar-refractivity contribution in [2.24, 2.45) is 0 Å². The van der Waals surface area contributed by atoms with Crippen LogP contribution in [0.1, 0.15) is 341 Å². The molecule has 0 spiro atoms. The van der Waals surface area contributed by atoms with Gasteiger partial charge in [0.1, 0.15) is 13.2 Å². The second-order valence-electron chi connectivity index (χ2n) is 25.2. The highest BCUT2D eigenvalue weighted by Crippen LogP contribution is 2.38. The molecule has 1 amide bonds. The highest BCUT2D eigenvalue weighted by atomic mass is 31.2. The van der Waals surface area contributed by atoms with Crippen molar-refractivity contribution in [3.05, 3.63) is 60.8 Å². The van der Waals surface area contributed by atoms with Crippen LogP contribution in [-0.2, 0) is 18.4 Å². The molecule has 0 saturated heterocycles. The van der Waals surface area contributed by atoms with Gasteiger partial charge in [-0.25, -0.2) is 0 Å². The summed E-state index contributed by atoms with van der Waals surface area (Å²) in [4.78, 5) is 25.6. The molecule has 0 aromatic rings. The van der Waals surface area contributed by atoms with Gasteiger partial charge in [0, 0.05) is 6.42 Å². The number of quaternary nitrogens is 1. The van der Waals surface area contributed by atoms with Gasteiger partial charge in [0.05, 0.1) is 39.9 Å². The van der Waals surface area contributed by atoms with Crippen LogP contribution in [0.2, 0.25) is 0 Å².